The maximum absolute atomic E-state index is 12.5. The van der Waals surface area contributed by atoms with Crippen LogP contribution in [-0.2, 0) is 9.53 Å². The Kier molecular flexibility index (Phi) is 5.94. The predicted octanol–water partition coefficient (Wildman–Crippen LogP) is 2.87. The maximum atomic E-state index is 12.5. The summed E-state index contributed by atoms with van der Waals surface area (Å²) in [6.07, 6.45) is 5.90. The van der Waals surface area contributed by atoms with Gasteiger partial charge < -0.3 is 24.6 Å². The van der Waals surface area contributed by atoms with Crippen LogP contribution in [0.4, 0.5) is 10.5 Å². The van der Waals surface area contributed by atoms with Gasteiger partial charge in [-0.25, -0.2) is 4.79 Å². The number of nitrogens with one attached hydrogen (secondary N) is 1. The van der Waals surface area contributed by atoms with E-state index in [9.17, 15) is 9.59 Å². The third kappa shape index (κ3) is 4.55. The molecule has 3 aliphatic rings. The lowest BCUT2D eigenvalue weighted by molar-refractivity contribution is -0.140. The van der Waals surface area contributed by atoms with E-state index in [1.807, 2.05) is 47.5 Å². The average molecular weight is 437 g/mol. The van der Waals surface area contributed by atoms with Crippen LogP contribution in [0.2, 0.25) is 0 Å². The molecule has 0 aliphatic carbocycles. The molecular formula is C24H28N4O4. The van der Waals surface area contributed by atoms with Crippen molar-refractivity contribution in [2.75, 3.05) is 38.1 Å². The minimum Gasteiger partial charge on any atom is -0.489 e. The number of urea groups is 1. The first kappa shape index (κ1) is 20.8. The van der Waals surface area contributed by atoms with Crippen LogP contribution in [0.25, 0.3) is 0 Å². The number of hydrogen-bond acceptors (Lipinski definition) is 5. The lowest BCUT2D eigenvalue weighted by Crippen LogP contribution is -2.50. The van der Waals surface area contributed by atoms with E-state index in [4.69, 9.17) is 9.47 Å². The fourth-order valence-corrected chi connectivity index (χ4v) is 4.49. The van der Waals surface area contributed by atoms with E-state index in [2.05, 4.69) is 10.3 Å². The van der Waals surface area contributed by atoms with E-state index < -0.39 is 0 Å². The van der Waals surface area contributed by atoms with Gasteiger partial charge in [0.15, 0.2) is 0 Å². The Balaban J connectivity index is 1.07. The van der Waals surface area contributed by atoms with Gasteiger partial charge in [-0.2, -0.15) is 0 Å². The number of amides is 3. The van der Waals surface area contributed by atoms with Crippen LogP contribution < -0.4 is 10.1 Å². The molecule has 5 rings (SSSR count). The van der Waals surface area contributed by atoms with Crippen molar-refractivity contribution in [2.24, 2.45) is 0 Å². The number of rotatable bonds is 5. The standard InChI is InChI=1S/C24H28N4O4/c29-23(22-4-2-12-31-22)27-11-9-21(16-27)32-20-7-5-19(6-8-20)26-24(30)28-14-18(15-28)17-3-1-10-25-13-17/h1,3,5-8,10,13,18,21-22H,2,4,9,11-12,14-16H2,(H,26,30)/t21?,22-/m0/s1. The van der Waals surface area contributed by atoms with Crippen molar-refractivity contribution < 1.29 is 19.1 Å². The highest BCUT2D eigenvalue weighted by Gasteiger charge is 2.34. The molecule has 8 heteroatoms. The van der Waals surface area contributed by atoms with Crippen LogP contribution in [-0.4, -0.2) is 71.7 Å². The maximum Gasteiger partial charge on any atom is 0.321 e. The first-order valence-electron chi connectivity index (χ1n) is 11.3. The van der Waals surface area contributed by atoms with Gasteiger partial charge in [0, 0.05) is 56.7 Å². The van der Waals surface area contributed by atoms with E-state index >= 15 is 0 Å². The summed E-state index contributed by atoms with van der Waals surface area (Å²) in [5.41, 5.74) is 1.90. The van der Waals surface area contributed by atoms with E-state index in [-0.39, 0.29) is 24.1 Å². The summed E-state index contributed by atoms with van der Waals surface area (Å²) < 4.78 is 11.6. The zero-order chi connectivity index (χ0) is 21.9. The van der Waals surface area contributed by atoms with E-state index in [1.165, 1.54) is 5.56 Å². The van der Waals surface area contributed by atoms with Crippen molar-refractivity contribution in [3.05, 3.63) is 54.4 Å². The van der Waals surface area contributed by atoms with E-state index in [1.54, 1.807) is 11.1 Å². The summed E-state index contributed by atoms with van der Waals surface area (Å²) in [7, 11) is 0. The fraction of sp³-hybridized carbons (Fsp3) is 0.458. The Morgan fingerprint density at radius 1 is 1.06 bits per heavy atom. The van der Waals surface area contributed by atoms with Crippen molar-refractivity contribution >= 4 is 17.6 Å². The molecule has 3 amide bonds. The molecular weight excluding hydrogens is 408 g/mol. The van der Waals surface area contributed by atoms with Gasteiger partial charge in [-0.1, -0.05) is 6.07 Å². The van der Waals surface area contributed by atoms with Gasteiger partial charge in [0.2, 0.25) is 0 Å². The second-order valence-electron chi connectivity index (χ2n) is 8.66. The molecule has 3 aliphatic heterocycles. The molecule has 32 heavy (non-hydrogen) atoms. The van der Waals surface area contributed by atoms with Gasteiger partial charge in [0.05, 0.1) is 6.54 Å². The Labute approximate surface area is 187 Å². The van der Waals surface area contributed by atoms with Gasteiger partial charge >= 0.3 is 6.03 Å². The number of likely N-dealkylation sites (tertiary alicyclic amines) is 2. The number of anilines is 1. The lowest BCUT2D eigenvalue weighted by Gasteiger charge is -2.39. The van der Waals surface area contributed by atoms with Crippen LogP contribution in [0.5, 0.6) is 5.75 Å². The number of carbonyl (C=O) groups excluding carboxylic acids is 2. The number of ether oxygens (including phenoxy) is 2. The molecule has 0 radical (unpaired) electrons. The first-order chi connectivity index (χ1) is 15.7. The molecule has 0 bridgehead atoms. The molecule has 2 aromatic rings. The molecule has 2 atom stereocenters. The summed E-state index contributed by atoms with van der Waals surface area (Å²) in [6.45, 7) is 3.36. The third-order valence-electron chi connectivity index (χ3n) is 6.39. The van der Waals surface area contributed by atoms with Crippen LogP contribution in [0.15, 0.2) is 48.8 Å². The van der Waals surface area contributed by atoms with Crippen LogP contribution in [0.1, 0.15) is 30.7 Å². The lowest BCUT2D eigenvalue weighted by atomic mass is 9.93. The summed E-state index contributed by atoms with van der Waals surface area (Å²) in [5, 5.41) is 2.94. The molecule has 1 unspecified atom stereocenters. The van der Waals surface area contributed by atoms with Gasteiger partial charge in [-0.15, -0.1) is 0 Å². The van der Waals surface area contributed by atoms with Gasteiger partial charge in [0.25, 0.3) is 5.91 Å². The van der Waals surface area contributed by atoms with Crippen molar-refractivity contribution in [2.45, 2.75) is 37.4 Å². The van der Waals surface area contributed by atoms with Crippen molar-refractivity contribution in [3.63, 3.8) is 0 Å². The topological polar surface area (TPSA) is 84.0 Å². The average Bonchev–Trinajstić information content (AvgIpc) is 3.47. The number of benzene rings is 1. The Morgan fingerprint density at radius 2 is 1.91 bits per heavy atom. The van der Waals surface area contributed by atoms with Gasteiger partial charge in [-0.3, -0.25) is 9.78 Å². The summed E-state index contributed by atoms with van der Waals surface area (Å²) >= 11 is 0. The largest absolute Gasteiger partial charge is 0.489 e. The number of hydrogen-bond donors (Lipinski definition) is 1. The zero-order valence-electron chi connectivity index (χ0n) is 18.0. The molecule has 1 N–H and O–H groups in total. The molecule has 3 saturated heterocycles. The van der Waals surface area contributed by atoms with Crippen LogP contribution >= 0.6 is 0 Å². The number of pyridine rings is 1. The summed E-state index contributed by atoms with van der Waals surface area (Å²) in [4.78, 5) is 32.7. The monoisotopic (exact) mass is 436 g/mol. The zero-order valence-corrected chi connectivity index (χ0v) is 18.0. The second kappa shape index (κ2) is 9.16. The minimum atomic E-state index is -0.275. The normalized spacial score (nSPS) is 23.1. The van der Waals surface area contributed by atoms with Crippen molar-refractivity contribution in [1.82, 2.24) is 14.8 Å². The quantitative estimate of drug-likeness (QED) is 0.779. The smallest absolute Gasteiger partial charge is 0.321 e. The first-order valence-corrected chi connectivity index (χ1v) is 11.3. The Bertz CT molecular complexity index is 940. The molecule has 0 spiro atoms. The van der Waals surface area contributed by atoms with E-state index in [0.29, 0.717) is 38.7 Å². The summed E-state index contributed by atoms with van der Waals surface area (Å²) in [5.74, 6) is 1.17. The molecule has 1 aromatic heterocycles. The number of aromatic nitrogens is 1. The third-order valence-corrected chi connectivity index (χ3v) is 6.39. The number of carbonyl (C=O) groups is 2. The minimum absolute atomic E-state index is 0.0220. The highest BCUT2D eigenvalue weighted by molar-refractivity contribution is 5.90. The molecule has 8 nitrogen and oxygen atoms in total. The highest BCUT2D eigenvalue weighted by Crippen LogP contribution is 2.27. The molecule has 0 saturated carbocycles. The molecule has 4 heterocycles. The Morgan fingerprint density at radius 3 is 2.62 bits per heavy atom. The van der Waals surface area contributed by atoms with Gasteiger partial charge in [0.1, 0.15) is 18.0 Å². The van der Waals surface area contributed by atoms with Crippen molar-refractivity contribution in [3.8, 4) is 5.75 Å². The summed E-state index contributed by atoms with van der Waals surface area (Å²) in [6, 6.07) is 11.3. The second-order valence-corrected chi connectivity index (χ2v) is 8.66. The van der Waals surface area contributed by atoms with Crippen LogP contribution in [0.3, 0.4) is 0 Å². The van der Waals surface area contributed by atoms with E-state index in [0.717, 1.165) is 30.7 Å². The van der Waals surface area contributed by atoms with Gasteiger partial charge in [-0.05, 0) is 48.7 Å². The highest BCUT2D eigenvalue weighted by atomic mass is 16.5. The molecule has 3 fully saturated rings. The number of nitrogens with zero attached hydrogens (tertiary/aromatic N) is 3. The van der Waals surface area contributed by atoms with Crippen LogP contribution in [0, 0.1) is 0 Å². The Hall–Kier alpha value is -3.13. The van der Waals surface area contributed by atoms with Crippen molar-refractivity contribution in [1.29, 1.82) is 0 Å². The fourth-order valence-electron chi connectivity index (χ4n) is 4.49. The molecule has 168 valence electrons. The molecule has 1 aromatic carbocycles. The SMILES string of the molecule is O=C(Nc1ccc(OC2CCN(C(=O)[C@@H]3CCCO3)C2)cc1)N1CC(c2cccnc2)C1. The predicted molar refractivity (Wildman–Crippen MR) is 119 cm³/mol.